The van der Waals surface area contributed by atoms with Crippen molar-refractivity contribution in [1.29, 1.82) is 0 Å². The Hall–Kier alpha value is -2.83. The van der Waals surface area contributed by atoms with Gasteiger partial charge in [-0.15, -0.1) is 0 Å². The number of carbonyl (C=O) groups excluding carboxylic acids is 1. The molecule has 1 unspecified atom stereocenters. The Bertz CT molecular complexity index is 1360. The summed E-state index contributed by atoms with van der Waals surface area (Å²) in [5, 5.41) is 18.1. The van der Waals surface area contributed by atoms with Crippen molar-refractivity contribution in [1.82, 2.24) is 9.78 Å². The number of nitro groups is 1. The van der Waals surface area contributed by atoms with E-state index in [4.69, 9.17) is 27.9 Å². The van der Waals surface area contributed by atoms with Crippen molar-refractivity contribution in [3.8, 4) is 11.5 Å². The highest BCUT2D eigenvalue weighted by atomic mass is 79.9. The molecule has 0 radical (unpaired) electrons. The van der Waals surface area contributed by atoms with E-state index in [9.17, 15) is 28.1 Å². The van der Waals surface area contributed by atoms with Gasteiger partial charge in [0.2, 0.25) is 5.91 Å². The first-order chi connectivity index (χ1) is 16.8. The topological polar surface area (TPSA) is 99.3 Å². The number of anilines is 1. The summed E-state index contributed by atoms with van der Waals surface area (Å²) in [5.74, 6) is -0.713. The third kappa shape index (κ3) is 5.60. The highest BCUT2D eigenvalue weighted by Crippen LogP contribution is 2.48. The summed E-state index contributed by atoms with van der Waals surface area (Å²) in [6, 6.07) is 6.82. The van der Waals surface area contributed by atoms with E-state index in [2.05, 4.69) is 26.3 Å². The molecule has 1 N–H and O–H groups in total. The standard InChI is InChI=1S/C22H16BrCl2F3N4O4/c1-10(31-19(11-2-3-11)18(23)20(30-31)22(26,27)28)21(33)29-13-7-14(32(34)35)9-15(8-13)36-17-5-4-12(24)6-16(17)25/h4-11H,2-3H2,1H3,(H,29,33). The van der Waals surface area contributed by atoms with Crippen molar-refractivity contribution in [3.05, 3.63) is 72.4 Å². The molecule has 14 heteroatoms. The number of alkyl halides is 3. The maximum atomic E-state index is 13.4. The molecule has 1 saturated carbocycles. The number of nitro benzene ring substituents is 1. The maximum Gasteiger partial charge on any atom is 0.436 e. The Morgan fingerprint density at radius 2 is 1.97 bits per heavy atom. The molecule has 2 aromatic carbocycles. The molecule has 36 heavy (non-hydrogen) atoms. The third-order valence-electron chi connectivity index (χ3n) is 5.36. The first kappa shape index (κ1) is 26.2. The zero-order chi connectivity index (χ0) is 26.4. The number of carbonyl (C=O) groups is 1. The number of hydrogen-bond donors (Lipinski definition) is 1. The lowest BCUT2D eigenvalue weighted by Crippen LogP contribution is -2.26. The van der Waals surface area contributed by atoms with E-state index < -0.39 is 28.7 Å². The molecule has 190 valence electrons. The second-order valence-corrected chi connectivity index (χ2v) is 9.72. The van der Waals surface area contributed by atoms with Crippen molar-refractivity contribution in [2.45, 2.75) is 37.9 Å². The fraction of sp³-hybridized carbons (Fsp3) is 0.273. The average molecular weight is 608 g/mol. The first-order valence-electron chi connectivity index (χ1n) is 10.4. The van der Waals surface area contributed by atoms with Gasteiger partial charge in [0, 0.05) is 23.1 Å². The van der Waals surface area contributed by atoms with Crippen molar-refractivity contribution in [3.63, 3.8) is 0 Å². The Kier molecular flexibility index (Phi) is 7.22. The van der Waals surface area contributed by atoms with Crippen LogP contribution in [-0.4, -0.2) is 20.6 Å². The summed E-state index contributed by atoms with van der Waals surface area (Å²) in [5.41, 5.74) is -1.22. The van der Waals surface area contributed by atoms with Crippen molar-refractivity contribution >= 4 is 56.4 Å². The second-order valence-electron chi connectivity index (χ2n) is 8.08. The van der Waals surface area contributed by atoms with Gasteiger partial charge in [0.25, 0.3) is 5.69 Å². The minimum absolute atomic E-state index is 0.00336. The smallest absolute Gasteiger partial charge is 0.436 e. The van der Waals surface area contributed by atoms with Gasteiger partial charge >= 0.3 is 6.18 Å². The van der Waals surface area contributed by atoms with E-state index in [-0.39, 0.29) is 44.0 Å². The summed E-state index contributed by atoms with van der Waals surface area (Å²) in [7, 11) is 0. The van der Waals surface area contributed by atoms with Crippen LogP contribution in [0.3, 0.4) is 0 Å². The fourth-order valence-corrected chi connectivity index (χ4v) is 4.75. The van der Waals surface area contributed by atoms with Gasteiger partial charge in [-0.2, -0.15) is 18.3 Å². The molecular formula is C22H16BrCl2F3N4O4. The van der Waals surface area contributed by atoms with Gasteiger partial charge in [-0.05, 0) is 53.9 Å². The number of aromatic nitrogens is 2. The van der Waals surface area contributed by atoms with Crippen molar-refractivity contribution < 1.29 is 27.6 Å². The number of benzene rings is 2. The van der Waals surface area contributed by atoms with Crippen LogP contribution in [0.1, 0.15) is 43.1 Å². The summed E-state index contributed by atoms with van der Waals surface area (Å²) in [6.45, 7) is 1.39. The molecule has 1 heterocycles. The predicted molar refractivity (Wildman–Crippen MR) is 130 cm³/mol. The maximum absolute atomic E-state index is 13.4. The van der Waals surface area contributed by atoms with Gasteiger partial charge in [-0.3, -0.25) is 19.6 Å². The number of non-ortho nitro benzene ring substituents is 1. The van der Waals surface area contributed by atoms with Gasteiger partial charge in [-0.1, -0.05) is 23.2 Å². The predicted octanol–water partition coefficient (Wildman–Crippen LogP) is 7.75. The molecule has 0 aliphatic heterocycles. The van der Waals surface area contributed by atoms with Gasteiger partial charge in [0.15, 0.2) is 5.69 Å². The van der Waals surface area contributed by atoms with E-state index in [0.717, 1.165) is 16.8 Å². The average Bonchev–Trinajstić information content (AvgIpc) is 3.55. The molecule has 1 aromatic heterocycles. The van der Waals surface area contributed by atoms with Crippen molar-refractivity contribution in [2.24, 2.45) is 0 Å². The Morgan fingerprint density at radius 1 is 1.28 bits per heavy atom. The lowest BCUT2D eigenvalue weighted by molar-refractivity contribution is -0.384. The van der Waals surface area contributed by atoms with Gasteiger partial charge < -0.3 is 10.1 Å². The molecule has 4 rings (SSSR count). The van der Waals surface area contributed by atoms with Crippen LogP contribution in [0.25, 0.3) is 0 Å². The van der Waals surface area contributed by atoms with Gasteiger partial charge in [-0.25, -0.2) is 0 Å². The number of hydrogen-bond acceptors (Lipinski definition) is 5. The second kappa shape index (κ2) is 9.91. The van der Waals surface area contributed by atoms with E-state index in [1.54, 1.807) is 0 Å². The number of halogens is 6. The highest BCUT2D eigenvalue weighted by molar-refractivity contribution is 9.10. The monoisotopic (exact) mass is 606 g/mol. The van der Waals surface area contributed by atoms with Crippen LogP contribution in [0, 0.1) is 10.1 Å². The van der Waals surface area contributed by atoms with Crippen LogP contribution in [0.15, 0.2) is 40.9 Å². The summed E-state index contributed by atoms with van der Waals surface area (Å²) in [6.07, 6.45) is -3.36. The number of amides is 1. The highest BCUT2D eigenvalue weighted by Gasteiger charge is 2.43. The normalized spacial score (nSPS) is 14.4. The molecule has 1 aliphatic rings. The minimum Gasteiger partial charge on any atom is -0.455 e. The van der Waals surface area contributed by atoms with E-state index in [0.29, 0.717) is 17.9 Å². The van der Waals surface area contributed by atoms with Crippen molar-refractivity contribution in [2.75, 3.05) is 5.32 Å². The van der Waals surface area contributed by atoms with Crippen LogP contribution >= 0.6 is 39.1 Å². The zero-order valence-corrected chi connectivity index (χ0v) is 21.4. The molecule has 0 saturated heterocycles. The summed E-state index contributed by atoms with van der Waals surface area (Å²) >= 11 is 15.0. The Morgan fingerprint density at radius 3 is 2.56 bits per heavy atom. The Balaban J connectivity index is 1.63. The molecule has 1 amide bonds. The summed E-state index contributed by atoms with van der Waals surface area (Å²) in [4.78, 5) is 23.8. The SMILES string of the molecule is CC(C(=O)Nc1cc(Oc2ccc(Cl)cc2Cl)cc([N+](=O)[O-])c1)n1nc(C(F)(F)F)c(Br)c1C1CC1. The van der Waals surface area contributed by atoms with E-state index >= 15 is 0 Å². The van der Waals surface area contributed by atoms with Gasteiger partial charge in [0.05, 0.1) is 31.9 Å². The number of nitrogens with zero attached hydrogens (tertiary/aromatic N) is 3. The van der Waals surface area contributed by atoms with Crippen LogP contribution in [-0.2, 0) is 11.0 Å². The van der Waals surface area contributed by atoms with E-state index in [1.807, 2.05) is 0 Å². The molecule has 8 nitrogen and oxygen atoms in total. The van der Waals surface area contributed by atoms with Crippen LogP contribution in [0.5, 0.6) is 11.5 Å². The lowest BCUT2D eigenvalue weighted by atomic mass is 10.2. The van der Waals surface area contributed by atoms with E-state index in [1.165, 1.54) is 31.2 Å². The number of nitrogens with one attached hydrogen (secondary N) is 1. The third-order valence-corrected chi connectivity index (χ3v) is 6.67. The van der Waals surface area contributed by atoms with Crippen LogP contribution < -0.4 is 10.1 Å². The van der Waals surface area contributed by atoms with Gasteiger partial charge in [0.1, 0.15) is 17.5 Å². The fourth-order valence-electron chi connectivity index (χ4n) is 3.49. The molecule has 0 bridgehead atoms. The largest absolute Gasteiger partial charge is 0.455 e. The molecule has 1 atom stereocenters. The zero-order valence-electron chi connectivity index (χ0n) is 18.3. The molecule has 3 aromatic rings. The molecule has 1 fully saturated rings. The molecule has 1 aliphatic carbocycles. The number of rotatable bonds is 7. The lowest BCUT2D eigenvalue weighted by Gasteiger charge is -2.16. The van der Waals surface area contributed by atoms with Crippen LogP contribution in [0.4, 0.5) is 24.5 Å². The minimum atomic E-state index is -4.71. The quantitative estimate of drug-likeness (QED) is 0.219. The molecule has 0 spiro atoms. The Labute approximate surface area is 220 Å². The first-order valence-corrected chi connectivity index (χ1v) is 12.0. The van der Waals surface area contributed by atoms with Crippen LogP contribution in [0.2, 0.25) is 10.0 Å². The summed E-state index contributed by atoms with van der Waals surface area (Å²) < 4.78 is 46.8. The molecular weight excluding hydrogens is 592 g/mol. The number of ether oxygens (including phenoxy) is 1.